The SMILES string of the molecule is O=C(OCc1ccccc1)N1CC(O)C(N2CCN(Cc3ccc(Cl)cc3)CC2)C1. The van der Waals surface area contributed by atoms with Gasteiger partial charge in [-0.1, -0.05) is 54.1 Å². The van der Waals surface area contributed by atoms with E-state index in [-0.39, 0.29) is 18.7 Å². The number of halogens is 1. The lowest BCUT2D eigenvalue weighted by molar-refractivity contribution is 0.0423. The summed E-state index contributed by atoms with van der Waals surface area (Å²) in [6.07, 6.45) is -0.904. The molecule has 0 aromatic heterocycles. The summed E-state index contributed by atoms with van der Waals surface area (Å²) in [6.45, 7) is 5.60. The van der Waals surface area contributed by atoms with Crippen LogP contribution in [0.15, 0.2) is 54.6 Å². The van der Waals surface area contributed by atoms with Crippen molar-refractivity contribution >= 4 is 17.7 Å². The highest BCUT2D eigenvalue weighted by Gasteiger charge is 2.39. The Labute approximate surface area is 182 Å². The Morgan fingerprint density at radius 2 is 1.67 bits per heavy atom. The van der Waals surface area contributed by atoms with E-state index in [1.807, 2.05) is 42.5 Å². The molecule has 2 aromatic rings. The summed E-state index contributed by atoms with van der Waals surface area (Å²) in [5.74, 6) is 0. The van der Waals surface area contributed by atoms with E-state index in [4.69, 9.17) is 16.3 Å². The molecule has 2 saturated heterocycles. The molecule has 0 spiro atoms. The van der Waals surface area contributed by atoms with Gasteiger partial charge < -0.3 is 14.7 Å². The van der Waals surface area contributed by atoms with Crippen molar-refractivity contribution in [3.63, 3.8) is 0 Å². The van der Waals surface area contributed by atoms with E-state index in [1.54, 1.807) is 4.90 Å². The van der Waals surface area contributed by atoms with Crippen LogP contribution in [0.4, 0.5) is 4.79 Å². The minimum Gasteiger partial charge on any atom is -0.445 e. The minimum absolute atomic E-state index is 0.0352. The average molecular weight is 430 g/mol. The Morgan fingerprint density at radius 3 is 2.37 bits per heavy atom. The summed E-state index contributed by atoms with van der Waals surface area (Å²) >= 11 is 5.96. The number of nitrogens with zero attached hydrogens (tertiary/aromatic N) is 3. The smallest absolute Gasteiger partial charge is 0.410 e. The molecule has 160 valence electrons. The van der Waals surface area contributed by atoms with Crippen molar-refractivity contribution in [3.8, 4) is 0 Å². The highest BCUT2D eigenvalue weighted by molar-refractivity contribution is 6.30. The minimum atomic E-state index is -0.544. The van der Waals surface area contributed by atoms with Gasteiger partial charge in [-0.2, -0.15) is 0 Å². The fourth-order valence-electron chi connectivity index (χ4n) is 4.19. The van der Waals surface area contributed by atoms with Gasteiger partial charge in [0.25, 0.3) is 0 Å². The number of ether oxygens (including phenoxy) is 1. The predicted octanol–water partition coefficient (Wildman–Crippen LogP) is 2.84. The molecular formula is C23H28ClN3O3. The van der Waals surface area contributed by atoms with Crippen LogP contribution in [-0.4, -0.2) is 77.3 Å². The van der Waals surface area contributed by atoms with E-state index in [9.17, 15) is 9.90 Å². The topological polar surface area (TPSA) is 56.2 Å². The molecule has 0 saturated carbocycles. The Hall–Kier alpha value is -2.12. The monoisotopic (exact) mass is 429 g/mol. The molecular weight excluding hydrogens is 402 g/mol. The predicted molar refractivity (Wildman–Crippen MR) is 116 cm³/mol. The lowest BCUT2D eigenvalue weighted by Gasteiger charge is -2.38. The van der Waals surface area contributed by atoms with Crippen LogP contribution < -0.4 is 0 Å². The summed E-state index contributed by atoms with van der Waals surface area (Å²) in [6, 6.07) is 17.6. The lowest BCUT2D eigenvalue weighted by Crippen LogP contribution is -2.53. The zero-order valence-electron chi connectivity index (χ0n) is 17.0. The number of carbonyl (C=O) groups excluding carboxylic acids is 1. The molecule has 6 nitrogen and oxygen atoms in total. The van der Waals surface area contributed by atoms with E-state index >= 15 is 0 Å². The molecule has 7 heteroatoms. The zero-order chi connectivity index (χ0) is 20.9. The van der Waals surface area contributed by atoms with Crippen LogP contribution in [-0.2, 0) is 17.9 Å². The third kappa shape index (κ3) is 5.32. The number of amides is 1. The summed E-state index contributed by atoms with van der Waals surface area (Å²) in [5.41, 5.74) is 2.21. The number of carbonyl (C=O) groups is 1. The van der Waals surface area contributed by atoms with Crippen LogP contribution in [0.5, 0.6) is 0 Å². The third-order valence-electron chi connectivity index (χ3n) is 5.92. The number of aliphatic hydroxyl groups excluding tert-OH is 1. The van der Waals surface area contributed by atoms with Gasteiger partial charge in [0.1, 0.15) is 6.61 Å². The van der Waals surface area contributed by atoms with Crippen molar-refractivity contribution in [2.24, 2.45) is 0 Å². The number of benzene rings is 2. The van der Waals surface area contributed by atoms with Crippen molar-refractivity contribution in [2.45, 2.75) is 25.3 Å². The summed E-state index contributed by atoms with van der Waals surface area (Å²) in [7, 11) is 0. The number of hydrogen-bond acceptors (Lipinski definition) is 5. The van der Waals surface area contributed by atoms with Gasteiger partial charge in [0, 0.05) is 44.3 Å². The highest BCUT2D eigenvalue weighted by atomic mass is 35.5. The molecule has 0 radical (unpaired) electrons. The molecule has 2 aliphatic heterocycles. The van der Waals surface area contributed by atoms with E-state index in [0.29, 0.717) is 13.1 Å². The number of hydrogen-bond donors (Lipinski definition) is 1. The van der Waals surface area contributed by atoms with Crippen LogP contribution in [0.2, 0.25) is 5.02 Å². The van der Waals surface area contributed by atoms with Crippen LogP contribution in [0, 0.1) is 0 Å². The summed E-state index contributed by atoms with van der Waals surface area (Å²) < 4.78 is 5.43. The maximum absolute atomic E-state index is 12.4. The fraction of sp³-hybridized carbons (Fsp3) is 0.435. The van der Waals surface area contributed by atoms with Gasteiger partial charge in [-0.25, -0.2) is 4.79 Å². The van der Waals surface area contributed by atoms with Crippen LogP contribution >= 0.6 is 11.6 Å². The number of β-amino-alcohol motifs (C(OH)–C–C–N with tert-alkyl or cyclic N) is 1. The Kier molecular flexibility index (Phi) is 6.89. The number of rotatable bonds is 5. The summed E-state index contributed by atoms with van der Waals surface area (Å²) in [5, 5.41) is 11.3. The van der Waals surface area contributed by atoms with Gasteiger partial charge in [-0.15, -0.1) is 0 Å². The average Bonchev–Trinajstić information content (AvgIpc) is 3.17. The molecule has 2 aliphatic rings. The molecule has 0 bridgehead atoms. The molecule has 2 unspecified atom stereocenters. The summed E-state index contributed by atoms with van der Waals surface area (Å²) in [4.78, 5) is 18.8. The van der Waals surface area contributed by atoms with Crippen LogP contribution in [0.3, 0.4) is 0 Å². The first-order valence-electron chi connectivity index (χ1n) is 10.4. The molecule has 2 atom stereocenters. The van der Waals surface area contributed by atoms with Gasteiger partial charge >= 0.3 is 6.09 Å². The first-order valence-corrected chi connectivity index (χ1v) is 10.8. The van der Waals surface area contributed by atoms with Crippen molar-refractivity contribution in [1.29, 1.82) is 0 Å². The van der Waals surface area contributed by atoms with Crippen molar-refractivity contribution in [1.82, 2.24) is 14.7 Å². The van der Waals surface area contributed by atoms with Crippen LogP contribution in [0.25, 0.3) is 0 Å². The standard InChI is InChI=1S/C23H28ClN3O3/c24-20-8-6-18(7-9-20)14-25-10-12-26(13-11-25)21-15-27(16-22(21)28)23(29)30-17-19-4-2-1-3-5-19/h1-9,21-22,28H,10-17H2. The molecule has 2 aromatic carbocycles. The third-order valence-corrected chi connectivity index (χ3v) is 6.17. The largest absolute Gasteiger partial charge is 0.445 e. The molecule has 0 aliphatic carbocycles. The molecule has 1 amide bonds. The first kappa shape index (κ1) is 21.1. The molecule has 4 rings (SSSR count). The Morgan fingerprint density at radius 1 is 0.967 bits per heavy atom. The Balaban J connectivity index is 1.24. The van der Waals surface area contributed by atoms with Crippen LogP contribution in [0.1, 0.15) is 11.1 Å². The molecule has 2 fully saturated rings. The molecule has 30 heavy (non-hydrogen) atoms. The van der Waals surface area contributed by atoms with E-state index in [0.717, 1.165) is 43.3 Å². The van der Waals surface area contributed by atoms with Gasteiger partial charge in [-0.3, -0.25) is 9.80 Å². The second kappa shape index (κ2) is 9.79. The normalized spacial score (nSPS) is 22.9. The Bertz CT molecular complexity index is 825. The maximum atomic E-state index is 12.4. The molecule has 2 heterocycles. The lowest BCUT2D eigenvalue weighted by atomic mass is 10.1. The second-order valence-electron chi connectivity index (χ2n) is 8.02. The van der Waals surface area contributed by atoms with E-state index in [2.05, 4.69) is 21.9 Å². The number of likely N-dealkylation sites (tertiary alicyclic amines) is 1. The van der Waals surface area contributed by atoms with Crippen molar-refractivity contribution in [3.05, 3.63) is 70.7 Å². The number of piperazine rings is 1. The van der Waals surface area contributed by atoms with Crippen molar-refractivity contribution < 1.29 is 14.6 Å². The fourth-order valence-corrected chi connectivity index (χ4v) is 4.32. The van der Waals surface area contributed by atoms with E-state index in [1.165, 1.54) is 5.56 Å². The molecule has 1 N–H and O–H groups in total. The van der Waals surface area contributed by atoms with Crippen molar-refractivity contribution in [2.75, 3.05) is 39.3 Å². The van der Waals surface area contributed by atoms with Gasteiger partial charge in [-0.05, 0) is 23.3 Å². The zero-order valence-corrected chi connectivity index (χ0v) is 17.7. The quantitative estimate of drug-likeness (QED) is 0.792. The number of aliphatic hydroxyl groups is 1. The first-order chi connectivity index (χ1) is 14.6. The highest BCUT2D eigenvalue weighted by Crippen LogP contribution is 2.20. The van der Waals surface area contributed by atoms with Gasteiger partial charge in [0.15, 0.2) is 0 Å². The van der Waals surface area contributed by atoms with E-state index < -0.39 is 6.10 Å². The van der Waals surface area contributed by atoms with Gasteiger partial charge in [0.05, 0.1) is 18.7 Å². The van der Waals surface area contributed by atoms with Gasteiger partial charge in [0.2, 0.25) is 0 Å². The maximum Gasteiger partial charge on any atom is 0.410 e. The second-order valence-corrected chi connectivity index (χ2v) is 8.45.